The third-order valence-corrected chi connectivity index (χ3v) is 4.65. The molecule has 0 unspecified atom stereocenters. The molecule has 0 spiro atoms. The third-order valence-electron chi connectivity index (χ3n) is 4.65. The number of carbonyl (C=O) groups excluding carboxylic acids is 2. The number of hydrogen-bond acceptors (Lipinski definition) is 4. The molecule has 1 aliphatic rings. The van der Waals surface area contributed by atoms with Crippen LogP contribution in [-0.4, -0.2) is 40.6 Å². The lowest BCUT2D eigenvalue weighted by molar-refractivity contribution is 0.0635. The summed E-state index contributed by atoms with van der Waals surface area (Å²) in [6.07, 6.45) is 3.05. The Morgan fingerprint density at radius 3 is 2.36 bits per heavy atom. The minimum absolute atomic E-state index is 0.105. The SMILES string of the molecule is Cc1c(-c2ccccc2)cnc(NC(=O)OC(C)(C)C)c1C(=O)N1CCCC1. The van der Waals surface area contributed by atoms with Crippen LogP contribution in [0.5, 0.6) is 0 Å². The maximum absolute atomic E-state index is 13.2. The number of likely N-dealkylation sites (tertiary alicyclic amines) is 1. The zero-order chi connectivity index (χ0) is 20.3. The number of pyridine rings is 1. The Kier molecular flexibility index (Phi) is 5.68. The molecule has 3 rings (SSSR count). The largest absolute Gasteiger partial charge is 0.444 e. The Hall–Kier alpha value is -2.89. The van der Waals surface area contributed by atoms with Crippen LogP contribution in [0, 0.1) is 6.92 Å². The number of rotatable bonds is 3. The van der Waals surface area contributed by atoms with Crippen LogP contribution in [0.2, 0.25) is 0 Å². The van der Waals surface area contributed by atoms with Crippen LogP contribution in [0.25, 0.3) is 11.1 Å². The van der Waals surface area contributed by atoms with Crippen LogP contribution >= 0.6 is 0 Å². The highest BCUT2D eigenvalue weighted by Crippen LogP contribution is 2.30. The number of nitrogens with one attached hydrogen (secondary N) is 1. The van der Waals surface area contributed by atoms with Crippen LogP contribution in [-0.2, 0) is 4.74 Å². The summed E-state index contributed by atoms with van der Waals surface area (Å²) in [7, 11) is 0. The van der Waals surface area contributed by atoms with Gasteiger partial charge in [0.25, 0.3) is 5.91 Å². The van der Waals surface area contributed by atoms with Gasteiger partial charge in [0.2, 0.25) is 0 Å². The van der Waals surface area contributed by atoms with Crippen LogP contribution in [0.4, 0.5) is 10.6 Å². The van der Waals surface area contributed by atoms with Gasteiger partial charge in [0.05, 0.1) is 5.56 Å². The van der Waals surface area contributed by atoms with Gasteiger partial charge in [-0.15, -0.1) is 0 Å². The van der Waals surface area contributed by atoms with Crippen molar-refractivity contribution in [3.63, 3.8) is 0 Å². The normalized spacial score (nSPS) is 14.1. The summed E-state index contributed by atoms with van der Waals surface area (Å²) in [6.45, 7) is 8.72. The molecule has 2 amide bonds. The molecule has 0 atom stereocenters. The van der Waals surface area contributed by atoms with Crippen molar-refractivity contribution in [1.29, 1.82) is 0 Å². The average molecular weight is 381 g/mol. The van der Waals surface area contributed by atoms with Crippen molar-refractivity contribution in [2.24, 2.45) is 0 Å². The molecule has 2 aromatic rings. The number of benzene rings is 1. The average Bonchev–Trinajstić information content (AvgIpc) is 3.15. The van der Waals surface area contributed by atoms with Crippen molar-refractivity contribution in [3.8, 4) is 11.1 Å². The molecule has 6 nitrogen and oxygen atoms in total. The quantitative estimate of drug-likeness (QED) is 0.841. The molecule has 0 saturated carbocycles. The van der Waals surface area contributed by atoms with Gasteiger partial charge < -0.3 is 9.64 Å². The molecule has 0 aliphatic carbocycles. The van der Waals surface area contributed by atoms with Crippen LogP contribution in [0.15, 0.2) is 36.5 Å². The summed E-state index contributed by atoms with van der Waals surface area (Å²) in [6, 6.07) is 9.80. The van der Waals surface area contributed by atoms with Gasteiger partial charge in [-0.2, -0.15) is 0 Å². The Morgan fingerprint density at radius 1 is 1.11 bits per heavy atom. The molecule has 2 heterocycles. The smallest absolute Gasteiger partial charge is 0.413 e. The minimum atomic E-state index is -0.637. The van der Waals surface area contributed by atoms with Crippen molar-refractivity contribution >= 4 is 17.8 Å². The topological polar surface area (TPSA) is 71.5 Å². The lowest BCUT2D eigenvalue weighted by atomic mass is 9.98. The molecule has 1 fully saturated rings. The molecule has 1 aromatic carbocycles. The summed E-state index contributed by atoms with van der Waals surface area (Å²) in [5.41, 5.74) is 2.44. The number of aromatic nitrogens is 1. The van der Waals surface area contributed by atoms with Gasteiger partial charge in [0.1, 0.15) is 11.4 Å². The summed E-state index contributed by atoms with van der Waals surface area (Å²) < 4.78 is 5.34. The molecule has 1 aliphatic heterocycles. The molecular formula is C22H27N3O3. The molecule has 1 aromatic heterocycles. The zero-order valence-electron chi connectivity index (χ0n) is 16.9. The maximum Gasteiger partial charge on any atom is 0.413 e. The fourth-order valence-corrected chi connectivity index (χ4v) is 3.35. The molecule has 0 radical (unpaired) electrons. The fraction of sp³-hybridized carbons (Fsp3) is 0.409. The lowest BCUT2D eigenvalue weighted by Crippen LogP contribution is -2.31. The van der Waals surface area contributed by atoms with Crippen molar-refractivity contribution in [1.82, 2.24) is 9.88 Å². The minimum Gasteiger partial charge on any atom is -0.444 e. The molecule has 6 heteroatoms. The first-order valence-corrected chi connectivity index (χ1v) is 9.60. The summed E-state index contributed by atoms with van der Waals surface area (Å²) in [4.78, 5) is 31.8. The van der Waals surface area contributed by atoms with E-state index < -0.39 is 11.7 Å². The van der Waals surface area contributed by atoms with Gasteiger partial charge in [0.15, 0.2) is 0 Å². The highest BCUT2D eigenvalue weighted by molar-refractivity contribution is 6.04. The van der Waals surface area contributed by atoms with Crippen molar-refractivity contribution < 1.29 is 14.3 Å². The predicted molar refractivity (Wildman–Crippen MR) is 109 cm³/mol. The van der Waals surface area contributed by atoms with Gasteiger partial charge in [-0.25, -0.2) is 9.78 Å². The molecular weight excluding hydrogens is 354 g/mol. The number of amides is 2. The van der Waals surface area contributed by atoms with Gasteiger partial charge in [-0.05, 0) is 51.7 Å². The van der Waals surface area contributed by atoms with E-state index in [0.717, 1.165) is 42.6 Å². The van der Waals surface area contributed by atoms with E-state index in [1.54, 1.807) is 27.0 Å². The number of carbonyl (C=O) groups is 2. The third kappa shape index (κ3) is 4.50. The second kappa shape index (κ2) is 8.00. The van der Waals surface area contributed by atoms with E-state index in [2.05, 4.69) is 10.3 Å². The highest BCUT2D eigenvalue weighted by Gasteiger charge is 2.27. The Morgan fingerprint density at radius 2 is 1.75 bits per heavy atom. The van der Waals surface area contributed by atoms with E-state index in [-0.39, 0.29) is 11.7 Å². The molecule has 28 heavy (non-hydrogen) atoms. The second-order valence-corrected chi connectivity index (χ2v) is 8.01. The van der Waals surface area contributed by atoms with Gasteiger partial charge >= 0.3 is 6.09 Å². The second-order valence-electron chi connectivity index (χ2n) is 8.01. The number of anilines is 1. The Labute approximate surface area is 165 Å². The predicted octanol–water partition coefficient (Wildman–Crippen LogP) is 4.64. The van der Waals surface area contributed by atoms with Crippen LogP contribution in [0.1, 0.15) is 49.5 Å². The lowest BCUT2D eigenvalue weighted by Gasteiger charge is -2.23. The van der Waals surface area contributed by atoms with Crippen molar-refractivity contribution in [2.75, 3.05) is 18.4 Å². The number of hydrogen-bond donors (Lipinski definition) is 1. The van der Waals surface area contributed by atoms with Gasteiger partial charge in [-0.3, -0.25) is 10.1 Å². The van der Waals surface area contributed by atoms with Crippen molar-refractivity contribution in [2.45, 2.75) is 46.1 Å². The van der Waals surface area contributed by atoms with Crippen LogP contribution < -0.4 is 5.32 Å². The zero-order valence-corrected chi connectivity index (χ0v) is 16.9. The van der Waals surface area contributed by atoms with Crippen LogP contribution in [0.3, 0.4) is 0 Å². The van der Waals surface area contributed by atoms with E-state index in [1.807, 2.05) is 42.2 Å². The summed E-state index contributed by atoms with van der Waals surface area (Å²) in [5, 5.41) is 2.67. The van der Waals surface area contributed by atoms with E-state index in [0.29, 0.717) is 5.56 Å². The summed E-state index contributed by atoms with van der Waals surface area (Å²) >= 11 is 0. The molecule has 148 valence electrons. The fourth-order valence-electron chi connectivity index (χ4n) is 3.35. The first-order chi connectivity index (χ1) is 13.3. The summed E-state index contributed by atoms with van der Waals surface area (Å²) in [5.74, 6) is 0.134. The van der Waals surface area contributed by atoms with Gasteiger partial charge in [0, 0.05) is 24.8 Å². The van der Waals surface area contributed by atoms with E-state index in [4.69, 9.17) is 4.74 Å². The van der Waals surface area contributed by atoms with E-state index in [9.17, 15) is 9.59 Å². The standard InChI is InChI=1S/C22H27N3O3/c1-15-17(16-10-6-5-7-11-16)14-23-19(24-21(27)28-22(2,3)4)18(15)20(26)25-12-8-9-13-25/h5-7,10-11,14H,8-9,12-13H2,1-4H3,(H,23,24,27). The first kappa shape index (κ1) is 19.9. The molecule has 1 N–H and O–H groups in total. The first-order valence-electron chi connectivity index (χ1n) is 9.60. The Bertz CT molecular complexity index is 867. The Balaban J connectivity index is 2.02. The number of ether oxygens (including phenoxy) is 1. The van der Waals surface area contributed by atoms with E-state index in [1.165, 1.54) is 0 Å². The monoisotopic (exact) mass is 381 g/mol. The number of nitrogens with zero attached hydrogens (tertiary/aromatic N) is 2. The molecule has 1 saturated heterocycles. The van der Waals surface area contributed by atoms with Gasteiger partial charge in [-0.1, -0.05) is 30.3 Å². The van der Waals surface area contributed by atoms with E-state index >= 15 is 0 Å². The highest BCUT2D eigenvalue weighted by atomic mass is 16.6. The maximum atomic E-state index is 13.2. The van der Waals surface area contributed by atoms with Crippen molar-refractivity contribution in [3.05, 3.63) is 47.7 Å². The molecule has 0 bridgehead atoms.